The van der Waals surface area contributed by atoms with Gasteiger partial charge in [0.2, 0.25) is 6.79 Å². The van der Waals surface area contributed by atoms with Crippen LogP contribution >= 0.6 is 0 Å². The van der Waals surface area contributed by atoms with Gasteiger partial charge in [-0.05, 0) is 19.9 Å². The Morgan fingerprint density at radius 2 is 2.14 bits per heavy atom. The molecule has 14 heavy (non-hydrogen) atoms. The van der Waals surface area contributed by atoms with Crippen molar-refractivity contribution in [1.82, 2.24) is 0 Å². The molecule has 0 spiro atoms. The smallest absolute Gasteiger partial charge is 0.231 e. The molecule has 0 N–H and O–H groups in total. The highest BCUT2D eigenvalue weighted by Crippen LogP contribution is 2.40. The Morgan fingerprint density at radius 1 is 1.36 bits per heavy atom. The fourth-order valence-corrected chi connectivity index (χ4v) is 1.48. The fraction of sp³-hybridized carbons (Fsp3) is 0.364. The van der Waals surface area contributed by atoms with E-state index in [1.165, 1.54) is 0 Å². The van der Waals surface area contributed by atoms with E-state index in [1.807, 2.05) is 32.0 Å². The molecule has 0 fully saturated rings. The number of benzene rings is 1. The number of rotatable bonds is 1. The van der Waals surface area contributed by atoms with Crippen LogP contribution in [-0.4, -0.2) is 6.79 Å². The summed E-state index contributed by atoms with van der Waals surface area (Å²) in [6.07, 6.45) is 0. The molecule has 1 aliphatic rings. The largest absolute Gasteiger partial charge is 0.454 e. The third-order valence-electron chi connectivity index (χ3n) is 2.35. The minimum atomic E-state index is -0.543. The molecule has 1 aliphatic heterocycles. The van der Waals surface area contributed by atoms with Crippen molar-refractivity contribution >= 4 is 0 Å². The van der Waals surface area contributed by atoms with Crippen LogP contribution in [0, 0.1) is 11.3 Å². The number of hydrogen-bond acceptors (Lipinski definition) is 3. The molecule has 3 heteroatoms. The number of nitriles is 1. The van der Waals surface area contributed by atoms with Crippen LogP contribution in [0.4, 0.5) is 0 Å². The van der Waals surface area contributed by atoms with Gasteiger partial charge in [0, 0.05) is 5.56 Å². The molecule has 3 nitrogen and oxygen atoms in total. The zero-order valence-corrected chi connectivity index (χ0v) is 8.20. The SMILES string of the molecule is CC(C)(C#N)c1cccc2c1OCO2. The molecule has 0 bridgehead atoms. The second-order valence-corrected chi connectivity index (χ2v) is 3.78. The first kappa shape index (κ1) is 8.89. The maximum Gasteiger partial charge on any atom is 0.231 e. The average Bonchev–Trinajstić information content (AvgIpc) is 2.64. The summed E-state index contributed by atoms with van der Waals surface area (Å²) in [5, 5.41) is 9.03. The van der Waals surface area contributed by atoms with Gasteiger partial charge in [0.05, 0.1) is 11.5 Å². The van der Waals surface area contributed by atoms with E-state index in [2.05, 4.69) is 6.07 Å². The Kier molecular flexibility index (Phi) is 1.85. The third-order valence-corrected chi connectivity index (χ3v) is 2.35. The zero-order valence-electron chi connectivity index (χ0n) is 8.20. The van der Waals surface area contributed by atoms with E-state index in [-0.39, 0.29) is 6.79 Å². The molecule has 1 aromatic carbocycles. The molecule has 0 saturated carbocycles. The first-order chi connectivity index (χ1) is 6.65. The summed E-state index contributed by atoms with van der Waals surface area (Å²) in [6.45, 7) is 3.97. The second-order valence-electron chi connectivity index (χ2n) is 3.78. The molecule has 72 valence electrons. The molecule has 0 amide bonds. The molecule has 0 saturated heterocycles. The van der Waals surface area contributed by atoms with Crippen molar-refractivity contribution < 1.29 is 9.47 Å². The predicted octanol–water partition coefficient (Wildman–Crippen LogP) is 2.22. The van der Waals surface area contributed by atoms with Gasteiger partial charge < -0.3 is 9.47 Å². The van der Waals surface area contributed by atoms with Crippen LogP contribution in [-0.2, 0) is 5.41 Å². The van der Waals surface area contributed by atoms with E-state index in [4.69, 9.17) is 14.7 Å². The molecular formula is C11H11NO2. The Hall–Kier alpha value is -1.69. The molecule has 1 heterocycles. The van der Waals surface area contributed by atoms with Gasteiger partial charge in [0.25, 0.3) is 0 Å². The molecule has 2 rings (SSSR count). The van der Waals surface area contributed by atoms with Gasteiger partial charge in [-0.15, -0.1) is 0 Å². The molecule has 0 atom stereocenters. The monoisotopic (exact) mass is 189 g/mol. The molecule has 0 unspecified atom stereocenters. The second kappa shape index (κ2) is 2.91. The molecular weight excluding hydrogens is 178 g/mol. The van der Waals surface area contributed by atoms with Crippen molar-refractivity contribution in [2.75, 3.05) is 6.79 Å². The Balaban J connectivity index is 2.56. The highest BCUT2D eigenvalue weighted by Gasteiger charge is 2.28. The number of fused-ring (bicyclic) bond motifs is 1. The summed E-state index contributed by atoms with van der Waals surface area (Å²) in [6, 6.07) is 7.87. The van der Waals surface area contributed by atoms with Crippen LogP contribution in [0.3, 0.4) is 0 Å². The van der Waals surface area contributed by atoms with Crippen molar-refractivity contribution in [3.05, 3.63) is 23.8 Å². The summed E-state index contributed by atoms with van der Waals surface area (Å²) in [4.78, 5) is 0. The van der Waals surface area contributed by atoms with Crippen LogP contribution < -0.4 is 9.47 Å². The number of para-hydroxylation sites is 1. The van der Waals surface area contributed by atoms with Gasteiger partial charge in [0.15, 0.2) is 11.5 Å². The van der Waals surface area contributed by atoms with Crippen molar-refractivity contribution in [2.24, 2.45) is 0 Å². The van der Waals surface area contributed by atoms with Crippen LogP contribution in [0.5, 0.6) is 11.5 Å². The highest BCUT2D eigenvalue weighted by molar-refractivity contribution is 5.52. The lowest BCUT2D eigenvalue weighted by molar-refractivity contribution is 0.172. The summed E-state index contributed by atoms with van der Waals surface area (Å²) in [5.41, 5.74) is 0.342. The molecule has 0 aromatic heterocycles. The average molecular weight is 189 g/mol. The van der Waals surface area contributed by atoms with E-state index in [1.54, 1.807) is 0 Å². The lowest BCUT2D eigenvalue weighted by atomic mass is 9.85. The van der Waals surface area contributed by atoms with Gasteiger partial charge in [-0.3, -0.25) is 0 Å². The summed E-state index contributed by atoms with van der Waals surface area (Å²) in [7, 11) is 0. The van der Waals surface area contributed by atoms with Crippen LogP contribution in [0.2, 0.25) is 0 Å². The lowest BCUT2D eigenvalue weighted by Crippen LogP contribution is -2.14. The number of ether oxygens (including phenoxy) is 2. The van der Waals surface area contributed by atoms with Crippen LogP contribution in [0.25, 0.3) is 0 Å². The van der Waals surface area contributed by atoms with Gasteiger partial charge in [-0.1, -0.05) is 12.1 Å². The van der Waals surface area contributed by atoms with E-state index < -0.39 is 5.41 Å². The van der Waals surface area contributed by atoms with Crippen LogP contribution in [0.1, 0.15) is 19.4 Å². The van der Waals surface area contributed by atoms with Crippen molar-refractivity contribution in [1.29, 1.82) is 5.26 Å². The highest BCUT2D eigenvalue weighted by atomic mass is 16.7. The first-order valence-electron chi connectivity index (χ1n) is 4.45. The minimum absolute atomic E-state index is 0.244. The quantitative estimate of drug-likeness (QED) is 0.680. The van der Waals surface area contributed by atoms with Crippen LogP contribution in [0.15, 0.2) is 18.2 Å². The third kappa shape index (κ3) is 1.20. The van der Waals surface area contributed by atoms with E-state index >= 15 is 0 Å². The van der Waals surface area contributed by atoms with Gasteiger partial charge >= 0.3 is 0 Å². The summed E-state index contributed by atoms with van der Waals surface area (Å²) in [5.74, 6) is 1.44. The Morgan fingerprint density at radius 3 is 2.86 bits per heavy atom. The standard InChI is InChI=1S/C11H11NO2/c1-11(2,6-12)8-4-3-5-9-10(8)14-7-13-9/h3-5H,7H2,1-2H3. The van der Waals surface area contributed by atoms with E-state index in [0.29, 0.717) is 5.75 Å². The lowest BCUT2D eigenvalue weighted by Gasteiger charge is -2.17. The maximum atomic E-state index is 9.03. The van der Waals surface area contributed by atoms with E-state index in [0.717, 1.165) is 11.3 Å². The Bertz CT molecular complexity index is 404. The first-order valence-corrected chi connectivity index (χ1v) is 4.45. The minimum Gasteiger partial charge on any atom is -0.454 e. The van der Waals surface area contributed by atoms with Gasteiger partial charge in [-0.25, -0.2) is 0 Å². The number of hydrogen-bond donors (Lipinski definition) is 0. The van der Waals surface area contributed by atoms with Crippen molar-refractivity contribution in [3.8, 4) is 17.6 Å². The zero-order chi connectivity index (χ0) is 10.2. The molecule has 1 aromatic rings. The maximum absolute atomic E-state index is 9.03. The summed E-state index contributed by atoms with van der Waals surface area (Å²) >= 11 is 0. The normalized spacial score (nSPS) is 13.8. The summed E-state index contributed by atoms with van der Waals surface area (Å²) < 4.78 is 10.6. The Labute approximate surface area is 82.9 Å². The molecule has 0 radical (unpaired) electrons. The number of nitrogens with zero attached hydrogens (tertiary/aromatic N) is 1. The fourth-order valence-electron chi connectivity index (χ4n) is 1.48. The molecule has 0 aliphatic carbocycles. The van der Waals surface area contributed by atoms with Gasteiger partial charge in [0.1, 0.15) is 0 Å². The van der Waals surface area contributed by atoms with Crippen molar-refractivity contribution in [2.45, 2.75) is 19.3 Å². The topological polar surface area (TPSA) is 42.2 Å². The van der Waals surface area contributed by atoms with Gasteiger partial charge in [-0.2, -0.15) is 5.26 Å². The predicted molar refractivity (Wildman–Crippen MR) is 51.2 cm³/mol. The van der Waals surface area contributed by atoms with E-state index in [9.17, 15) is 0 Å². The van der Waals surface area contributed by atoms with Crippen molar-refractivity contribution in [3.63, 3.8) is 0 Å².